The lowest BCUT2D eigenvalue weighted by Gasteiger charge is -2.18. The molecule has 0 unspecified atom stereocenters. The second-order valence-corrected chi connectivity index (χ2v) is 9.28. The standard InChI is InChI=1S/C7H13O2PS3/c1-4-8-10(11,9-5-2)13-7-12-6-3/h3H,4-5,7H2,1-2H3. The van der Waals surface area contributed by atoms with Crippen LogP contribution in [0.15, 0.2) is 0 Å². The van der Waals surface area contributed by atoms with Crippen molar-refractivity contribution < 1.29 is 9.05 Å². The maximum Gasteiger partial charge on any atom is 0.248 e. The molecule has 0 rings (SSSR count). The predicted molar refractivity (Wildman–Crippen MR) is 66.4 cm³/mol. The lowest BCUT2D eigenvalue weighted by Crippen LogP contribution is -1.91. The molecule has 0 bridgehead atoms. The van der Waals surface area contributed by atoms with Gasteiger partial charge in [-0.1, -0.05) is 23.1 Å². The van der Waals surface area contributed by atoms with E-state index < -0.39 is 5.69 Å². The van der Waals surface area contributed by atoms with E-state index in [0.717, 1.165) is 5.08 Å². The third-order valence-corrected chi connectivity index (χ3v) is 7.56. The zero-order valence-corrected chi connectivity index (χ0v) is 11.0. The van der Waals surface area contributed by atoms with Crippen LogP contribution in [-0.4, -0.2) is 18.3 Å². The SMILES string of the molecule is C#CSCSP(=S)(OCC)OCC. The Labute approximate surface area is 93.4 Å². The fraction of sp³-hybridized carbons (Fsp3) is 0.714. The molecule has 0 aromatic rings. The molecular weight excluding hydrogens is 243 g/mol. The summed E-state index contributed by atoms with van der Waals surface area (Å²) in [6.07, 6.45) is 5.10. The predicted octanol–water partition coefficient (Wildman–Crippen LogP) is 3.30. The summed E-state index contributed by atoms with van der Waals surface area (Å²) in [4.78, 5) is 0. The quantitative estimate of drug-likeness (QED) is 0.300. The highest BCUT2D eigenvalue weighted by Crippen LogP contribution is 2.61. The minimum absolute atomic E-state index is 0.588. The van der Waals surface area contributed by atoms with E-state index in [1.54, 1.807) is 0 Å². The van der Waals surface area contributed by atoms with Crippen LogP contribution in [0.25, 0.3) is 0 Å². The normalized spacial score (nSPS) is 11.2. The Kier molecular flexibility index (Phi) is 8.69. The molecule has 0 aliphatic heterocycles. The zero-order chi connectivity index (χ0) is 10.2. The van der Waals surface area contributed by atoms with Gasteiger partial charge in [0.1, 0.15) is 0 Å². The first-order valence-corrected chi connectivity index (χ1v) is 9.01. The van der Waals surface area contributed by atoms with E-state index in [9.17, 15) is 0 Å². The molecule has 0 saturated heterocycles. The number of terminal acetylenes is 1. The lowest BCUT2D eigenvalue weighted by atomic mass is 10.9. The highest BCUT2D eigenvalue weighted by molar-refractivity contribution is 8.69. The Hall–Kier alpha value is 0.830. The van der Waals surface area contributed by atoms with Crippen molar-refractivity contribution in [1.82, 2.24) is 0 Å². The first kappa shape index (κ1) is 13.8. The first-order chi connectivity index (χ1) is 6.18. The summed E-state index contributed by atoms with van der Waals surface area (Å²) in [5.74, 6) is 0. The molecule has 0 spiro atoms. The number of rotatable bonds is 7. The van der Waals surface area contributed by atoms with Crippen molar-refractivity contribution in [3.8, 4) is 11.7 Å². The van der Waals surface area contributed by atoms with Crippen LogP contribution in [0, 0.1) is 11.7 Å². The van der Waals surface area contributed by atoms with E-state index in [2.05, 4.69) is 5.25 Å². The van der Waals surface area contributed by atoms with Gasteiger partial charge in [0.15, 0.2) is 0 Å². The second-order valence-electron chi connectivity index (χ2n) is 1.79. The van der Waals surface area contributed by atoms with E-state index in [-0.39, 0.29) is 0 Å². The topological polar surface area (TPSA) is 18.5 Å². The van der Waals surface area contributed by atoms with Crippen molar-refractivity contribution in [2.45, 2.75) is 13.8 Å². The van der Waals surface area contributed by atoms with Crippen LogP contribution in [0.4, 0.5) is 0 Å². The van der Waals surface area contributed by atoms with Crippen molar-refractivity contribution in [1.29, 1.82) is 0 Å². The van der Waals surface area contributed by atoms with Gasteiger partial charge in [-0.15, -0.1) is 6.42 Å². The molecule has 2 nitrogen and oxygen atoms in total. The Morgan fingerprint density at radius 3 is 2.31 bits per heavy atom. The van der Waals surface area contributed by atoms with E-state index in [1.807, 2.05) is 13.8 Å². The molecule has 13 heavy (non-hydrogen) atoms. The molecular formula is C7H13O2PS3. The van der Waals surface area contributed by atoms with Gasteiger partial charge >= 0.3 is 0 Å². The van der Waals surface area contributed by atoms with Crippen LogP contribution in [0.5, 0.6) is 0 Å². The summed E-state index contributed by atoms with van der Waals surface area (Å²) in [5, 5.41) is 3.21. The first-order valence-electron chi connectivity index (χ1n) is 3.79. The fourth-order valence-electron chi connectivity index (χ4n) is 0.553. The molecule has 0 N–H and O–H groups in total. The Morgan fingerprint density at radius 1 is 1.38 bits per heavy atom. The van der Waals surface area contributed by atoms with Gasteiger partial charge in [-0.05, 0) is 30.9 Å². The van der Waals surface area contributed by atoms with Crippen molar-refractivity contribution in [2.24, 2.45) is 0 Å². The van der Waals surface area contributed by atoms with E-state index in [1.165, 1.54) is 23.1 Å². The molecule has 76 valence electrons. The van der Waals surface area contributed by atoms with Crippen LogP contribution in [-0.2, 0) is 20.9 Å². The van der Waals surface area contributed by atoms with Crippen LogP contribution >= 0.6 is 28.8 Å². The Bertz CT molecular complexity index is 204. The van der Waals surface area contributed by atoms with Gasteiger partial charge in [0.25, 0.3) is 0 Å². The van der Waals surface area contributed by atoms with Crippen molar-refractivity contribution in [3.05, 3.63) is 0 Å². The molecule has 6 heteroatoms. The van der Waals surface area contributed by atoms with Crippen LogP contribution in [0.2, 0.25) is 0 Å². The van der Waals surface area contributed by atoms with Gasteiger partial charge < -0.3 is 9.05 Å². The van der Waals surface area contributed by atoms with Crippen LogP contribution in [0.1, 0.15) is 13.8 Å². The maximum atomic E-state index is 5.40. The average molecular weight is 256 g/mol. The lowest BCUT2D eigenvalue weighted by molar-refractivity contribution is 0.280. The van der Waals surface area contributed by atoms with Gasteiger partial charge in [0.05, 0.1) is 18.3 Å². The number of hydrogen-bond donors (Lipinski definition) is 0. The monoisotopic (exact) mass is 256 g/mol. The van der Waals surface area contributed by atoms with Gasteiger partial charge in [0.2, 0.25) is 5.69 Å². The second kappa shape index (κ2) is 8.16. The minimum Gasteiger partial charge on any atom is -0.322 e. The summed E-state index contributed by atoms with van der Waals surface area (Å²) in [5.41, 5.74) is -2.12. The average Bonchev–Trinajstić information content (AvgIpc) is 2.05. The zero-order valence-electron chi connectivity index (χ0n) is 7.69. The number of hydrogen-bond acceptors (Lipinski definition) is 5. The molecule has 0 heterocycles. The summed E-state index contributed by atoms with van der Waals surface area (Å²) < 4.78 is 10.8. The van der Waals surface area contributed by atoms with Crippen LogP contribution in [0.3, 0.4) is 0 Å². The van der Waals surface area contributed by atoms with Gasteiger partial charge in [0, 0.05) is 0 Å². The molecule has 0 atom stereocenters. The van der Waals surface area contributed by atoms with Gasteiger partial charge in [-0.2, -0.15) is 0 Å². The molecule has 0 radical (unpaired) electrons. The molecule has 0 amide bonds. The fourth-order valence-corrected chi connectivity index (χ4v) is 6.92. The van der Waals surface area contributed by atoms with Gasteiger partial charge in [-0.25, -0.2) is 0 Å². The highest BCUT2D eigenvalue weighted by atomic mass is 32.9. The molecule has 0 aliphatic carbocycles. The largest absolute Gasteiger partial charge is 0.322 e. The van der Waals surface area contributed by atoms with Crippen LogP contribution < -0.4 is 0 Å². The molecule has 0 saturated carbocycles. The summed E-state index contributed by atoms with van der Waals surface area (Å²) in [6, 6.07) is 0. The molecule has 0 aliphatic rings. The van der Waals surface area contributed by atoms with Crippen molar-refractivity contribution in [2.75, 3.05) is 18.3 Å². The summed E-state index contributed by atoms with van der Waals surface area (Å²) in [6.45, 7) is 5.00. The molecule has 0 fully saturated rings. The molecule has 0 aromatic carbocycles. The number of thioether (sulfide) groups is 1. The highest BCUT2D eigenvalue weighted by Gasteiger charge is 2.17. The Balaban J connectivity index is 3.93. The van der Waals surface area contributed by atoms with Crippen molar-refractivity contribution >= 4 is 40.6 Å². The van der Waals surface area contributed by atoms with Gasteiger partial charge in [-0.3, -0.25) is 0 Å². The third-order valence-electron chi connectivity index (χ3n) is 0.928. The van der Waals surface area contributed by atoms with E-state index in [4.69, 9.17) is 27.3 Å². The Morgan fingerprint density at radius 2 is 1.92 bits per heavy atom. The smallest absolute Gasteiger partial charge is 0.248 e. The maximum absolute atomic E-state index is 5.40. The molecule has 0 aromatic heterocycles. The summed E-state index contributed by atoms with van der Waals surface area (Å²) >= 11 is 8.14. The van der Waals surface area contributed by atoms with E-state index >= 15 is 0 Å². The third kappa shape index (κ3) is 6.84. The summed E-state index contributed by atoms with van der Waals surface area (Å²) in [7, 11) is 0. The van der Waals surface area contributed by atoms with E-state index in [0.29, 0.717) is 13.2 Å². The van der Waals surface area contributed by atoms with Crippen molar-refractivity contribution in [3.63, 3.8) is 0 Å². The minimum atomic E-state index is -2.12.